The van der Waals surface area contributed by atoms with E-state index in [1.165, 1.54) is 0 Å². The Balaban J connectivity index is 4.20. The Kier molecular flexibility index (Phi) is 8.71. The summed E-state index contributed by atoms with van der Waals surface area (Å²) < 4.78 is 10.3. The molecular formula is C13H29N3O3. The van der Waals surface area contributed by atoms with Crippen molar-refractivity contribution in [1.82, 2.24) is 10.2 Å². The molecule has 0 fully saturated rings. The Morgan fingerprint density at radius 3 is 2.47 bits per heavy atom. The molecule has 0 aromatic heterocycles. The van der Waals surface area contributed by atoms with Crippen molar-refractivity contribution in [2.75, 3.05) is 39.9 Å². The van der Waals surface area contributed by atoms with Crippen LogP contribution in [0, 0.1) is 0 Å². The molecule has 0 bridgehead atoms. The van der Waals surface area contributed by atoms with Crippen LogP contribution in [0.4, 0.5) is 4.79 Å². The minimum atomic E-state index is -0.483. The highest BCUT2D eigenvalue weighted by Gasteiger charge is 2.19. The van der Waals surface area contributed by atoms with Gasteiger partial charge in [-0.25, -0.2) is 4.79 Å². The molecule has 19 heavy (non-hydrogen) atoms. The van der Waals surface area contributed by atoms with Gasteiger partial charge in [0.25, 0.3) is 0 Å². The van der Waals surface area contributed by atoms with E-state index in [2.05, 4.69) is 17.1 Å². The number of amides is 1. The first-order valence-corrected chi connectivity index (χ1v) is 6.74. The molecule has 3 N–H and O–H groups in total. The summed E-state index contributed by atoms with van der Waals surface area (Å²) in [5, 5.41) is 2.76. The predicted octanol–water partition coefficient (Wildman–Crippen LogP) is 0.807. The van der Waals surface area contributed by atoms with Crippen LogP contribution in [0.25, 0.3) is 0 Å². The Labute approximate surface area is 116 Å². The van der Waals surface area contributed by atoms with Crippen molar-refractivity contribution >= 4 is 6.09 Å². The fraction of sp³-hybridized carbons (Fsp3) is 0.923. The molecule has 0 aliphatic carbocycles. The lowest BCUT2D eigenvalue weighted by Crippen LogP contribution is -2.49. The van der Waals surface area contributed by atoms with Crippen LogP contribution in [0.2, 0.25) is 0 Å². The summed E-state index contributed by atoms with van der Waals surface area (Å²) in [4.78, 5) is 13.8. The number of likely N-dealkylation sites (N-methyl/N-ethyl adjacent to an activating group) is 1. The number of hydrogen-bond acceptors (Lipinski definition) is 5. The van der Waals surface area contributed by atoms with Crippen LogP contribution in [0.15, 0.2) is 0 Å². The summed E-state index contributed by atoms with van der Waals surface area (Å²) in [6.07, 6.45) is -0.409. The molecular weight excluding hydrogens is 246 g/mol. The van der Waals surface area contributed by atoms with Crippen LogP contribution in [-0.2, 0) is 9.47 Å². The van der Waals surface area contributed by atoms with Crippen LogP contribution in [0.5, 0.6) is 0 Å². The Hall–Kier alpha value is -0.850. The van der Waals surface area contributed by atoms with Gasteiger partial charge in [-0.15, -0.1) is 0 Å². The lowest BCUT2D eigenvalue weighted by atomic mass is 10.2. The van der Waals surface area contributed by atoms with Crippen LogP contribution in [0.3, 0.4) is 0 Å². The lowest BCUT2D eigenvalue weighted by molar-refractivity contribution is 0.0503. The summed E-state index contributed by atoms with van der Waals surface area (Å²) in [5.74, 6) is 0. The Bertz CT molecular complexity index is 254. The molecule has 6 heteroatoms. The molecule has 0 aliphatic rings. The van der Waals surface area contributed by atoms with E-state index in [9.17, 15) is 4.79 Å². The highest BCUT2D eigenvalue weighted by molar-refractivity contribution is 5.67. The number of nitrogens with one attached hydrogen (secondary N) is 1. The van der Waals surface area contributed by atoms with E-state index in [-0.39, 0.29) is 6.04 Å². The summed E-state index contributed by atoms with van der Waals surface area (Å²) in [6.45, 7) is 10.8. The number of hydrogen-bond donors (Lipinski definition) is 2. The van der Waals surface area contributed by atoms with Crippen molar-refractivity contribution in [3.05, 3.63) is 0 Å². The van der Waals surface area contributed by atoms with E-state index < -0.39 is 11.7 Å². The minimum Gasteiger partial charge on any atom is -0.444 e. The number of carbonyl (C=O) groups is 1. The third kappa shape index (κ3) is 8.80. The van der Waals surface area contributed by atoms with Crippen molar-refractivity contribution in [3.8, 4) is 0 Å². The second kappa shape index (κ2) is 9.12. The van der Waals surface area contributed by atoms with Crippen LogP contribution < -0.4 is 11.1 Å². The van der Waals surface area contributed by atoms with Gasteiger partial charge in [0.1, 0.15) is 5.60 Å². The SMILES string of the molecule is CCN(CCOC)C(CN)CNC(=O)OC(C)(C)C. The van der Waals surface area contributed by atoms with Gasteiger partial charge < -0.3 is 20.5 Å². The van der Waals surface area contributed by atoms with Crippen LogP contribution >= 0.6 is 0 Å². The van der Waals surface area contributed by atoms with E-state index in [1.807, 2.05) is 20.8 Å². The maximum atomic E-state index is 11.6. The van der Waals surface area contributed by atoms with Crippen molar-refractivity contribution < 1.29 is 14.3 Å². The van der Waals surface area contributed by atoms with Gasteiger partial charge in [-0.05, 0) is 27.3 Å². The molecule has 6 nitrogen and oxygen atoms in total. The second-order valence-corrected chi connectivity index (χ2v) is 5.39. The van der Waals surface area contributed by atoms with Gasteiger partial charge in [0.15, 0.2) is 0 Å². The Morgan fingerprint density at radius 2 is 2.05 bits per heavy atom. The quantitative estimate of drug-likeness (QED) is 0.685. The third-order valence-corrected chi connectivity index (χ3v) is 2.66. The first-order valence-electron chi connectivity index (χ1n) is 6.74. The summed E-state index contributed by atoms with van der Waals surface area (Å²) >= 11 is 0. The number of nitrogens with zero attached hydrogens (tertiary/aromatic N) is 1. The zero-order valence-electron chi connectivity index (χ0n) is 12.9. The molecule has 114 valence electrons. The highest BCUT2D eigenvalue weighted by atomic mass is 16.6. The van der Waals surface area contributed by atoms with Gasteiger partial charge in [-0.1, -0.05) is 6.92 Å². The molecule has 1 atom stereocenters. The predicted molar refractivity (Wildman–Crippen MR) is 76.2 cm³/mol. The standard InChI is InChI=1S/C13H29N3O3/c1-6-16(7-8-18-5)11(9-14)10-15-12(17)19-13(2,3)4/h11H,6-10,14H2,1-5H3,(H,15,17). The summed E-state index contributed by atoms with van der Waals surface area (Å²) in [7, 11) is 1.67. The molecule has 0 aliphatic heterocycles. The van der Waals surface area contributed by atoms with Crippen molar-refractivity contribution in [1.29, 1.82) is 0 Å². The number of methoxy groups -OCH3 is 1. The van der Waals surface area contributed by atoms with Gasteiger partial charge in [-0.3, -0.25) is 4.90 Å². The molecule has 0 aromatic carbocycles. The van der Waals surface area contributed by atoms with E-state index in [0.29, 0.717) is 19.7 Å². The summed E-state index contributed by atoms with van der Waals surface area (Å²) in [5.41, 5.74) is 5.28. The topological polar surface area (TPSA) is 76.8 Å². The maximum absolute atomic E-state index is 11.6. The molecule has 1 amide bonds. The first-order chi connectivity index (χ1) is 8.84. The number of rotatable bonds is 8. The largest absolute Gasteiger partial charge is 0.444 e. The van der Waals surface area contributed by atoms with Crippen LogP contribution in [-0.4, -0.2) is 62.5 Å². The number of alkyl carbamates (subject to hydrolysis) is 1. The maximum Gasteiger partial charge on any atom is 0.407 e. The van der Waals surface area contributed by atoms with Gasteiger partial charge in [-0.2, -0.15) is 0 Å². The van der Waals surface area contributed by atoms with Gasteiger partial charge in [0.2, 0.25) is 0 Å². The molecule has 0 saturated carbocycles. The normalized spacial score (nSPS) is 13.4. The van der Waals surface area contributed by atoms with Gasteiger partial charge >= 0.3 is 6.09 Å². The molecule has 0 saturated heterocycles. The van der Waals surface area contributed by atoms with Crippen molar-refractivity contribution in [2.24, 2.45) is 5.73 Å². The van der Waals surface area contributed by atoms with Crippen LogP contribution in [0.1, 0.15) is 27.7 Å². The Morgan fingerprint density at radius 1 is 1.42 bits per heavy atom. The highest BCUT2D eigenvalue weighted by Crippen LogP contribution is 2.06. The fourth-order valence-corrected chi connectivity index (χ4v) is 1.68. The molecule has 0 radical (unpaired) electrons. The zero-order valence-corrected chi connectivity index (χ0v) is 12.9. The molecule has 0 rings (SSSR count). The molecule has 1 unspecified atom stereocenters. The van der Waals surface area contributed by atoms with E-state index in [0.717, 1.165) is 13.1 Å². The smallest absolute Gasteiger partial charge is 0.407 e. The lowest BCUT2D eigenvalue weighted by Gasteiger charge is -2.30. The number of carbonyl (C=O) groups excluding carboxylic acids is 1. The summed E-state index contributed by atoms with van der Waals surface area (Å²) in [6, 6.07) is 0.0904. The molecule has 0 heterocycles. The average Bonchev–Trinajstić information content (AvgIpc) is 2.31. The van der Waals surface area contributed by atoms with Crippen molar-refractivity contribution in [3.63, 3.8) is 0 Å². The third-order valence-electron chi connectivity index (χ3n) is 2.66. The number of ether oxygens (including phenoxy) is 2. The number of nitrogens with two attached hydrogens (primary N) is 1. The van der Waals surface area contributed by atoms with Gasteiger partial charge in [0.05, 0.1) is 6.61 Å². The second-order valence-electron chi connectivity index (χ2n) is 5.39. The zero-order chi connectivity index (χ0) is 14.9. The minimum absolute atomic E-state index is 0.0904. The molecule has 0 aromatic rings. The van der Waals surface area contributed by atoms with E-state index >= 15 is 0 Å². The fourth-order valence-electron chi connectivity index (χ4n) is 1.68. The van der Waals surface area contributed by atoms with Gasteiger partial charge in [0, 0.05) is 32.8 Å². The van der Waals surface area contributed by atoms with E-state index in [1.54, 1.807) is 7.11 Å². The van der Waals surface area contributed by atoms with E-state index in [4.69, 9.17) is 15.2 Å². The monoisotopic (exact) mass is 275 g/mol. The van der Waals surface area contributed by atoms with Crippen molar-refractivity contribution in [2.45, 2.75) is 39.3 Å². The average molecular weight is 275 g/mol. The first kappa shape index (κ1) is 18.1. The molecule has 0 spiro atoms.